The van der Waals surface area contributed by atoms with Gasteiger partial charge in [0.15, 0.2) is 0 Å². The predicted molar refractivity (Wildman–Crippen MR) is 73.2 cm³/mol. The van der Waals surface area contributed by atoms with Gasteiger partial charge in [-0.2, -0.15) is 4.31 Å². The molecular formula is C13H18ClNO2S. The van der Waals surface area contributed by atoms with Gasteiger partial charge in [0.05, 0.1) is 4.90 Å². The van der Waals surface area contributed by atoms with E-state index in [1.165, 1.54) is 0 Å². The van der Waals surface area contributed by atoms with Crippen LogP contribution < -0.4 is 0 Å². The van der Waals surface area contributed by atoms with Crippen molar-refractivity contribution in [2.75, 3.05) is 13.1 Å². The first kappa shape index (κ1) is 13.8. The number of hydrogen-bond acceptors (Lipinski definition) is 2. The molecule has 2 rings (SSSR count). The van der Waals surface area contributed by atoms with E-state index in [1.807, 2.05) is 0 Å². The Hall–Kier alpha value is -0.580. The average Bonchev–Trinajstić information content (AvgIpc) is 2.88. The summed E-state index contributed by atoms with van der Waals surface area (Å²) in [5, 5.41) is 0. The van der Waals surface area contributed by atoms with Crippen LogP contribution >= 0.6 is 11.6 Å². The Labute approximate surface area is 114 Å². The van der Waals surface area contributed by atoms with E-state index in [0.717, 1.165) is 18.4 Å². The Morgan fingerprint density at radius 1 is 1.33 bits per heavy atom. The van der Waals surface area contributed by atoms with Gasteiger partial charge in [-0.15, -0.1) is 11.6 Å². The molecule has 0 N–H and O–H groups in total. The van der Waals surface area contributed by atoms with Gasteiger partial charge in [-0.05, 0) is 30.0 Å². The van der Waals surface area contributed by atoms with E-state index in [2.05, 4.69) is 6.92 Å². The van der Waals surface area contributed by atoms with Gasteiger partial charge in [0.25, 0.3) is 0 Å². The molecule has 1 aromatic carbocycles. The van der Waals surface area contributed by atoms with Crippen LogP contribution in [0, 0.1) is 5.92 Å². The van der Waals surface area contributed by atoms with Crippen molar-refractivity contribution < 1.29 is 8.42 Å². The van der Waals surface area contributed by atoms with Gasteiger partial charge in [0, 0.05) is 19.0 Å². The van der Waals surface area contributed by atoms with Gasteiger partial charge in [-0.25, -0.2) is 8.42 Å². The number of hydrogen-bond donors (Lipinski definition) is 0. The molecule has 3 nitrogen and oxygen atoms in total. The zero-order valence-corrected chi connectivity index (χ0v) is 12.0. The van der Waals surface area contributed by atoms with Crippen molar-refractivity contribution >= 4 is 21.6 Å². The molecule has 0 amide bonds. The van der Waals surface area contributed by atoms with E-state index in [1.54, 1.807) is 28.6 Å². The molecule has 1 fully saturated rings. The predicted octanol–water partition coefficient (Wildman–Crippen LogP) is 2.85. The second kappa shape index (κ2) is 5.59. The molecule has 0 radical (unpaired) electrons. The molecule has 1 heterocycles. The zero-order chi connectivity index (χ0) is 13.2. The molecular weight excluding hydrogens is 270 g/mol. The third kappa shape index (κ3) is 2.71. The monoisotopic (exact) mass is 287 g/mol. The summed E-state index contributed by atoms with van der Waals surface area (Å²) in [5.74, 6) is 0.906. The standard InChI is InChI=1S/C13H18ClNO2S/c1-2-11-7-8-15(10-11)18(16,17)13-5-3-12(9-14)4-6-13/h3-6,11H,2,7-10H2,1H3. The molecule has 0 saturated carbocycles. The van der Waals surface area contributed by atoms with Crippen LogP contribution in [0.25, 0.3) is 0 Å². The quantitative estimate of drug-likeness (QED) is 0.799. The van der Waals surface area contributed by atoms with E-state index in [9.17, 15) is 8.42 Å². The lowest BCUT2D eigenvalue weighted by atomic mass is 10.1. The molecule has 1 saturated heterocycles. The van der Waals surface area contributed by atoms with Crippen LogP contribution in [-0.2, 0) is 15.9 Å². The number of alkyl halides is 1. The second-order valence-corrected chi connectivity index (χ2v) is 6.91. The molecule has 1 atom stereocenters. The smallest absolute Gasteiger partial charge is 0.207 e. The molecule has 1 aromatic rings. The molecule has 1 aliphatic heterocycles. The van der Waals surface area contributed by atoms with E-state index >= 15 is 0 Å². The maximum Gasteiger partial charge on any atom is 0.243 e. The number of benzene rings is 1. The van der Waals surface area contributed by atoms with Gasteiger partial charge < -0.3 is 0 Å². The summed E-state index contributed by atoms with van der Waals surface area (Å²) in [6, 6.07) is 6.83. The van der Waals surface area contributed by atoms with Crippen molar-refractivity contribution in [2.24, 2.45) is 5.92 Å². The second-order valence-electron chi connectivity index (χ2n) is 4.70. The van der Waals surface area contributed by atoms with E-state index in [0.29, 0.717) is 29.8 Å². The Morgan fingerprint density at radius 2 is 2.00 bits per heavy atom. The van der Waals surface area contributed by atoms with Crippen LogP contribution in [0.4, 0.5) is 0 Å². The van der Waals surface area contributed by atoms with E-state index < -0.39 is 10.0 Å². The van der Waals surface area contributed by atoms with Gasteiger partial charge in [0.1, 0.15) is 0 Å². The van der Waals surface area contributed by atoms with Crippen molar-refractivity contribution in [3.8, 4) is 0 Å². The first-order chi connectivity index (χ1) is 8.57. The average molecular weight is 288 g/mol. The van der Waals surface area contributed by atoms with Crippen LogP contribution in [0.1, 0.15) is 25.3 Å². The summed E-state index contributed by atoms with van der Waals surface area (Å²) in [5.41, 5.74) is 0.934. The van der Waals surface area contributed by atoms with E-state index in [-0.39, 0.29) is 0 Å². The minimum absolute atomic E-state index is 0.369. The van der Waals surface area contributed by atoms with Crippen molar-refractivity contribution in [1.82, 2.24) is 4.31 Å². The Kier molecular flexibility index (Phi) is 4.30. The Balaban J connectivity index is 2.20. The molecule has 1 aliphatic rings. The van der Waals surface area contributed by atoms with Gasteiger partial charge in [-0.1, -0.05) is 25.5 Å². The number of halogens is 1. The van der Waals surface area contributed by atoms with Crippen molar-refractivity contribution in [3.05, 3.63) is 29.8 Å². The summed E-state index contributed by atoms with van der Waals surface area (Å²) in [6.45, 7) is 3.39. The van der Waals surface area contributed by atoms with Crippen molar-refractivity contribution in [3.63, 3.8) is 0 Å². The normalized spacial score (nSPS) is 21.3. The molecule has 0 bridgehead atoms. The molecule has 0 aliphatic carbocycles. The molecule has 5 heteroatoms. The summed E-state index contributed by atoms with van der Waals surface area (Å²) in [6.07, 6.45) is 2.01. The maximum absolute atomic E-state index is 12.4. The van der Waals surface area contributed by atoms with Crippen LogP contribution in [0.5, 0.6) is 0 Å². The van der Waals surface area contributed by atoms with Crippen LogP contribution in [0.2, 0.25) is 0 Å². The van der Waals surface area contributed by atoms with Crippen molar-refractivity contribution in [1.29, 1.82) is 0 Å². The largest absolute Gasteiger partial charge is 0.243 e. The SMILES string of the molecule is CCC1CCN(S(=O)(=O)c2ccc(CCl)cc2)C1. The van der Waals surface area contributed by atoms with E-state index in [4.69, 9.17) is 11.6 Å². The summed E-state index contributed by atoms with van der Waals surface area (Å²) >= 11 is 5.70. The lowest BCUT2D eigenvalue weighted by molar-refractivity contribution is 0.453. The highest BCUT2D eigenvalue weighted by Crippen LogP contribution is 2.26. The Bertz CT molecular complexity index is 498. The fourth-order valence-electron chi connectivity index (χ4n) is 2.25. The van der Waals surface area contributed by atoms with Gasteiger partial charge in [-0.3, -0.25) is 0 Å². The minimum Gasteiger partial charge on any atom is -0.207 e. The molecule has 100 valence electrons. The van der Waals surface area contributed by atoms with Crippen LogP contribution in [0.3, 0.4) is 0 Å². The first-order valence-corrected chi connectivity index (χ1v) is 8.20. The number of rotatable bonds is 4. The zero-order valence-electron chi connectivity index (χ0n) is 10.5. The highest BCUT2D eigenvalue weighted by Gasteiger charge is 2.31. The lowest BCUT2D eigenvalue weighted by Crippen LogP contribution is -2.28. The first-order valence-electron chi connectivity index (χ1n) is 6.23. The lowest BCUT2D eigenvalue weighted by Gasteiger charge is -2.16. The third-order valence-corrected chi connectivity index (χ3v) is 5.73. The van der Waals surface area contributed by atoms with Crippen molar-refractivity contribution in [2.45, 2.75) is 30.5 Å². The topological polar surface area (TPSA) is 37.4 Å². The summed E-state index contributed by atoms with van der Waals surface area (Å²) < 4.78 is 26.4. The summed E-state index contributed by atoms with van der Waals surface area (Å²) in [4.78, 5) is 0.369. The fraction of sp³-hybridized carbons (Fsp3) is 0.538. The Morgan fingerprint density at radius 3 is 2.50 bits per heavy atom. The minimum atomic E-state index is -3.32. The molecule has 0 spiro atoms. The van der Waals surface area contributed by atoms with Crippen LogP contribution in [-0.4, -0.2) is 25.8 Å². The fourth-order valence-corrected chi connectivity index (χ4v) is 3.96. The molecule has 18 heavy (non-hydrogen) atoms. The highest BCUT2D eigenvalue weighted by atomic mass is 35.5. The van der Waals surface area contributed by atoms with Gasteiger partial charge >= 0.3 is 0 Å². The molecule has 1 unspecified atom stereocenters. The number of nitrogens with zero attached hydrogens (tertiary/aromatic N) is 1. The third-order valence-electron chi connectivity index (χ3n) is 3.54. The van der Waals surface area contributed by atoms with Gasteiger partial charge in [0.2, 0.25) is 10.0 Å². The highest BCUT2D eigenvalue weighted by molar-refractivity contribution is 7.89. The maximum atomic E-state index is 12.4. The molecule has 0 aromatic heterocycles. The summed E-state index contributed by atoms with van der Waals surface area (Å²) in [7, 11) is -3.32. The van der Waals surface area contributed by atoms with Crippen LogP contribution in [0.15, 0.2) is 29.2 Å². The number of sulfonamides is 1.